The Kier molecular flexibility index (Phi) is 7.58. The number of amides is 2. The second kappa shape index (κ2) is 10.7. The number of hydrogen-bond donors (Lipinski definition) is 2. The molecule has 4 rings (SSSR count). The first-order valence-corrected chi connectivity index (χ1v) is 12.3. The van der Waals surface area contributed by atoms with Crippen molar-refractivity contribution in [1.29, 1.82) is 0 Å². The van der Waals surface area contributed by atoms with Crippen molar-refractivity contribution in [3.05, 3.63) is 94.4 Å². The van der Waals surface area contributed by atoms with Gasteiger partial charge in [0.25, 0.3) is 5.91 Å². The minimum absolute atomic E-state index is 0.0745. The van der Waals surface area contributed by atoms with E-state index in [4.69, 9.17) is 4.74 Å². The average molecular weight is 537 g/mol. The van der Waals surface area contributed by atoms with Gasteiger partial charge in [-0.25, -0.2) is 18.6 Å². The SMILES string of the molecule is Cc1cc(OCc2c(F)cccc2F)c2nc(C)c(C(=O)Nc3ccccc3CN(C(=O)O)C(C)(C)C)n2c1. The molecule has 0 aliphatic rings. The van der Waals surface area contributed by atoms with E-state index >= 15 is 0 Å². The summed E-state index contributed by atoms with van der Waals surface area (Å²) in [6, 6.07) is 12.3. The van der Waals surface area contributed by atoms with Crippen LogP contribution in [-0.4, -0.2) is 36.9 Å². The fourth-order valence-electron chi connectivity index (χ4n) is 4.28. The number of pyridine rings is 1. The number of benzene rings is 2. The summed E-state index contributed by atoms with van der Waals surface area (Å²) in [5.74, 6) is -1.63. The predicted octanol–water partition coefficient (Wildman–Crippen LogP) is 6.34. The van der Waals surface area contributed by atoms with Gasteiger partial charge >= 0.3 is 6.09 Å². The van der Waals surface area contributed by atoms with Crippen LogP contribution in [0.4, 0.5) is 19.3 Å². The lowest BCUT2D eigenvalue weighted by atomic mass is 10.0. The highest BCUT2D eigenvalue weighted by atomic mass is 19.1. The van der Waals surface area contributed by atoms with Crippen LogP contribution in [0.2, 0.25) is 0 Å². The van der Waals surface area contributed by atoms with Crippen LogP contribution in [0, 0.1) is 25.5 Å². The van der Waals surface area contributed by atoms with Crippen LogP contribution in [0.5, 0.6) is 5.75 Å². The summed E-state index contributed by atoms with van der Waals surface area (Å²) in [4.78, 5) is 31.2. The summed E-state index contributed by atoms with van der Waals surface area (Å²) < 4.78 is 35.6. The van der Waals surface area contributed by atoms with Gasteiger partial charge in [-0.3, -0.25) is 14.1 Å². The molecule has 0 saturated carbocycles. The van der Waals surface area contributed by atoms with Gasteiger partial charge in [0, 0.05) is 17.4 Å². The number of aromatic nitrogens is 2. The van der Waals surface area contributed by atoms with Crippen molar-refractivity contribution in [3.8, 4) is 5.75 Å². The number of carbonyl (C=O) groups is 2. The molecular formula is C29H30F2N4O4. The summed E-state index contributed by atoms with van der Waals surface area (Å²) in [7, 11) is 0. The molecule has 2 amide bonds. The van der Waals surface area contributed by atoms with E-state index in [1.807, 2.05) is 0 Å². The molecular weight excluding hydrogens is 506 g/mol. The highest BCUT2D eigenvalue weighted by Crippen LogP contribution is 2.28. The van der Waals surface area contributed by atoms with Crippen molar-refractivity contribution in [2.45, 2.75) is 53.3 Å². The van der Waals surface area contributed by atoms with E-state index in [-0.39, 0.29) is 30.2 Å². The Labute approximate surface area is 224 Å². The molecule has 39 heavy (non-hydrogen) atoms. The smallest absolute Gasteiger partial charge is 0.408 e. The normalized spacial score (nSPS) is 11.5. The maximum atomic E-state index is 14.1. The summed E-state index contributed by atoms with van der Waals surface area (Å²) in [5, 5.41) is 12.6. The van der Waals surface area contributed by atoms with Crippen molar-refractivity contribution in [2.24, 2.45) is 0 Å². The second-order valence-corrected chi connectivity index (χ2v) is 10.3. The number of para-hydroxylation sites is 1. The van der Waals surface area contributed by atoms with Gasteiger partial charge in [0.05, 0.1) is 17.8 Å². The van der Waals surface area contributed by atoms with Crippen LogP contribution in [0.3, 0.4) is 0 Å². The number of nitrogens with zero attached hydrogens (tertiary/aromatic N) is 3. The van der Waals surface area contributed by atoms with Crippen LogP contribution in [0.25, 0.3) is 5.65 Å². The molecule has 0 aliphatic carbocycles. The van der Waals surface area contributed by atoms with Crippen LogP contribution in [0.1, 0.15) is 53.6 Å². The monoisotopic (exact) mass is 536 g/mol. The first-order valence-electron chi connectivity index (χ1n) is 12.3. The Morgan fingerprint density at radius 1 is 1.08 bits per heavy atom. The summed E-state index contributed by atoms with van der Waals surface area (Å²) in [5.41, 5.74) is 1.95. The van der Waals surface area contributed by atoms with Gasteiger partial charge in [0.1, 0.15) is 23.9 Å². The molecule has 8 nitrogen and oxygen atoms in total. The molecule has 0 saturated heterocycles. The van der Waals surface area contributed by atoms with E-state index in [9.17, 15) is 23.5 Å². The lowest BCUT2D eigenvalue weighted by molar-refractivity contribution is 0.0957. The number of anilines is 1. The van der Waals surface area contributed by atoms with Crippen molar-refractivity contribution >= 4 is 23.3 Å². The molecule has 2 aromatic heterocycles. The molecule has 0 spiro atoms. The molecule has 204 valence electrons. The van der Waals surface area contributed by atoms with E-state index in [1.54, 1.807) is 75.5 Å². The zero-order valence-corrected chi connectivity index (χ0v) is 22.4. The Balaban J connectivity index is 1.65. The molecule has 0 unspecified atom stereocenters. The van der Waals surface area contributed by atoms with Crippen molar-refractivity contribution in [2.75, 3.05) is 5.32 Å². The van der Waals surface area contributed by atoms with Crippen LogP contribution < -0.4 is 10.1 Å². The average Bonchev–Trinajstić information content (AvgIpc) is 3.17. The van der Waals surface area contributed by atoms with E-state index in [0.717, 1.165) is 17.7 Å². The molecule has 2 heterocycles. The molecule has 10 heteroatoms. The maximum absolute atomic E-state index is 14.1. The molecule has 0 fully saturated rings. The number of hydrogen-bond acceptors (Lipinski definition) is 4. The largest absolute Gasteiger partial charge is 0.485 e. The van der Waals surface area contributed by atoms with E-state index in [0.29, 0.717) is 22.6 Å². The third-order valence-corrected chi connectivity index (χ3v) is 6.28. The highest BCUT2D eigenvalue weighted by Gasteiger charge is 2.27. The number of halogens is 2. The molecule has 4 aromatic rings. The Hall–Kier alpha value is -4.47. The van der Waals surface area contributed by atoms with Crippen molar-refractivity contribution in [1.82, 2.24) is 14.3 Å². The number of rotatable bonds is 7. The van der Waals surface area contributed by atoms with Crippen LogP contribution in [0.15, 0.2) is 54.7 Å². The number of ether oxygens (including phenoxy) is 1. The van der Waals surface area contributed by atoms with Gasteiger partial charge in [-0.15, -0.1) is 0 Å². The molecule has 0 atom stereocenters. The number of imidazole rings is 1. The molecule has 0 radical (unpaired) electrons. The van der Waals surface area contributed by atoms with Gasteiger partial charge in [0.2, 0.25) is 0 Å². The predicted molar refractivity (Wildman–Crippen MR) is 143 cm³/mol. The minimum Gasteiger partial charge on any atom is -0.485 e. The Morgan fingerprint density at radius 3 is 2.38 bits per heavy atom. The summed E-state index contributed by atoms with van der Waals surface area (Å²) in [6.07, 6.45) is 0.651. The number of carboxylic acid groups (broad SMARTS) is 1. The zero-order valence-electron chi connectivity index (χ0n) is 22.4. The van der Waals surface area contributed by atoms with E-state index in [1.165, 1.54) is 11.0 Å². The topological polar surface area (TPSA) is 96.2 Å². The summed E-state index contributed by atoms with van der Waals surface area (Å²) in [6.45, 7) is 8.59. The van der Waals surface area contributed by atoms with Gasteiger partial charge in [-0.2, -0.15) is 0 Å². The van der Waals surface area contributed by atoms with Crippen molar-refractivity contribution in [3.63, 3.8) is 0 Å². The lowest BCUT2D eigenvalue weighted by Gasteiger charge is -2.33. The van der Waals surface area contributed by atoms with Crippen LogP contribution >= 0.6 is 0 Å². The molecule has 0 aliphatic heterocycles. The van der Waals surface area contributed by atoms with Gasteiger partial charge in [-0.05, 0) is 70.0 Å². The highest BCUT2D eigenvalue weighted by molar-refractivity contribution is 6.05. The third-order valence-electron chi connectivity index (χ3n) is 6.28. The fraction of sp³-hybridized carbons (Fsp3) is 0.276. The quantitative estimate of drug-likeness (QED) is 0.287. The number of carbonyl (C=O) groups excluding carboxylic acids is 1. The Morgan fingerprint density at radius 2 is 1.74 bits per heavy atom. The third kappa shape index (κ3) is 5.84. The molecule has 2 aromatic carbocycles. The first kappa shape index (κ1) is 27.6. The number of aryl methyl sites for hydroxylation is 2. The second-order valence-electron chi connectivity index (χ2n) is 10.3. The Bertz CT molecular complexity index is 1540. The first-order chi connectivity index (χ1) is 18.4. The standard InChI is InChI=1S/C29H30F2N4O4/c1-17-13-24(39-16-20-21(30)10-8-11-22(20)31)26-32-18(2)25(34(26)14-17)27(36)33-23-12-7-6-9-19(23)15-35(28(37)38)29(3,4)5/h6-14H,15-16H2,1-5H3,(H,33,36)(H,37,38). The number of fused-ring (bicyclic) bond motifs is 1. The van der Waals surface area contributed by atoms with Gasteiger partial charge < -0.3 is 15.2 Å². The summed E-state index contributed by atoms with van der Waals surface area (Å²) >= 11 is 0. The van der Waals surface area contributed by atoms with Gasteiger partial charge in [-0.1, -0.05) is 24.3 Å². The van der Waals surface area contributed by atoms with E-state index in [2.05, 4.69) is 10.3 Å². The lowest BCUT2D eigenvalue weighted by Crippen LogP contribution is -2.44. The van der Waals surface area contributed by atoms with E-state index < -0.39 is 29.2 Å². The zero-order chi connectivity index (χ0) is 28.5. The maximum Gasteiger partial charge on any atom is 0.408 e. The van der Waals surface area contributed by atoms with Gasteiger partial charge in [0.15, 0.2) is 11.4 Å². The minimum atomic E-state index is -1.07. The molecule has 2 N–H and O–H groups in total. The fourth-order valence-corrected chi connectivity index (χ4v) is 4.28. The van der Waals surface area contributed by atoms with Crippen LogP contribution in [-0.2, 0) is 13.2 Å². The molecule has 0 bridgehead atoms. The number of nitrogens with one attached hydrogen (secondary N) is 1. The van der Waals surface area contributed by atoms with Crippen molar-refractivity contribution < 1.29 is 28.2 Å².